The molecular weight excluding hydrogens is 358 g/mol. The van der Waals surface area contributed by atoms with Crippen LogP contribution in [0.1, 0.15) is 33.6 Å². The van der Waals surface area contributed by atoms with Gasteiger partial charge in [-0.3, -0.25) is 4.79 Å². The quantitative estimate of drug-likeness (QED) is 0.743. The molecule has 1 aliphatic heterocycles. The molecule has 1 aliphatic rings. The van der Waals surface area contributed by atoms with Crippen molar-refractivity contribution in [2.45, 2.75) is 48.9 Å². The lowest BCUT2D eigenvalue weighted by atomic mass is 9.99. The number of rotatable bonds is 6. The Labute approximate surface area is 154 Å². The molecule has 0 bridgehead atoms. The van der Waals surface area contributed by atoms with E-state index >= 15 is 0 Å². The second-order valence-corrected chi connectivity index (χ2v) is 9.48. The standard InChI is InChI=1S/C18H27NO6S/c1-17(2,3)25-16(20)18(8-11-23-12-9-18)26(21,22)15-6-4-14(5-7-15)24-13-10-19/h4-7H,8-13,19H2,1-3H3. The third kappa shape index (κ3) is 4.36. The maximum atomic E-state index is 13.3. The van der Waals surface area contributed by atoms with Gasteiger partial charge in [-0.2, -0.15) is 0 Å². The summed E-state index contributed by atoms with van der Waals surface area (Å²) in [6.45, 7) is 6.23. The Morgan fingerprint density at radius 2 is 1.77 bits per heavy atom. The number of sulfone groups is 1. The van der Waals surface area contributed by atoms with Crippen LogP contribution in [0.2, 0.25) is 0 Å². The topological polar surface area (TPSA) is 105 Å². The van der Waals surface area contributed by atoms with Crippen LogP contribution >= 0.6 is 0 Å². The van der Waals surface area contributed by atoms with Crippen molar-refractivity contribution in [2.24, 2.45) is 5.73 Å². The summed E-state index contributed by atoms with van der Waals surface area (Å²) in [4.78, 5) is 12.9. The van der Waals surface area contributed by atoms with Gasteiger partial charge in [0.15, 0.2) is 14.6 Å². The predicted octanol–water partition coefficient (Wildman–Crippen LogP) is 1.69. The maximum absolute atomic E-state index is 13.3. The molecule has 8 heteroatoms. The summed E-state index contributed by atoms with van der Waals surface area (Å²) >= 11 is 0. The number of carbonyl (C=O) groups excluding carboxylic acids is 1. The fraction of sp³-hybridized carbons (Fsp3) is 0.611. The Hall–Kier alpha value is -1.64. The lowest BCUT2D eigenvalue weighted by molar-refractivity contribution is -0.160. The highest BCUT2D eigenvalue weighted by molar-refractivity contribution is 7.93. The van der Waals surface area contributed by atoms with Crippen LogP contribution in [0.4, 0.5) is 0 Å². The monoisotopic (exact) mass is 385 g/mol. The van der Waals surface area contributed by atoms with E-state index in [1.807, 2.05) is 0 Å². The highest BCUT2D eigenvalue weighted by Crippen LogP contribution is 2.37. The first-order chi connectivity index (χ1) is 12.1. The highest BCUT2D eigenvalue weighted by Gasteiger charge is 2.54. The van der Waals surface area contributed by atoms with Crippen molar-refractivity contribution >= 4 is 15.8 Å². The van der Waals surface area contributed by atoms with E-state index in [0.717, 1.165) is 0 Å². The zero-order chi connectivity index (χ0) is 19.4. The van der Waals surface area contributed by atoms with Gasteiger partial charge in [-0.05, 0) is 45.0 Å². The second-order valence-electron chi connectivity index (χ2n) is 7.22. The molecular formula is C18H27NO6S. The number of carbonyl (C=O) groups is 1. The smallest absolute Gasteiger partial charge is 0.328 e. The van der Waals surface area contributed by atoms with Crippen LogP contribution in [-0.2, 0) is 24.1 Å². The SMILES string of the molecule is CC(C)(C)OC(=O)C1(S(=O)(=O)c2ccc(OCCN)cc2)CCOCC1. The summed E-state index contributed by atoms with van der Waals surface area (Å²) in [6.07, 6.45) is 0.130. The van der Waals surface area contributed by atoms with Gasteiger partial charge < -0.3 is 19.9 Å². The Morgan fingerprint density at radius 1 is 1.19 bits per heavy atom. The Bertz CT molecular complexity index is 715. The van der Waals surface area contributed by atoms with Crippen molar-refractivity contribution in [3.05, 3.63) is 24.3 Å². The highest BCUT2D eigenvalue weighted by atomic mass is 32.2. The maximum Gasteiger partial charge on any atom is 0.328 e. The minimum absolute atomic E-state index is 0.0605. The van der Waals surface area contributed by atoms with Gasteiger partial charge in [0.1, 0.15) is 18.0 Å². The minimum atomic E-state index is -3.97. The molecule has 146 valence electrons. The van der Waals surface area contributed by atoms with Crippen molar-refractivity contribution in [2.75, 3.05) is 26.4 Å². The average Bonchev–Trinajstić information content (AvgIpc) is 2.59. The molecule has 2 rings (SSSR count). The molecule has 1 heterocycles. The molecule has 0 amide bonds. The molecule has 1 fully saturated rings. The van der Waals surface area contributed by atoms with E-state index in [1.54, 1.807) is 32.9 Å². The lowest BCUT2D eigenvalue weighted by Crippen LogP contribution is -2.53. The molecule has 1 saturated heterocycles. The summed E-state index contributed by atoms with van der Waals surface area (Å²) in [7, 11) is -3.97. The van der Waals surface area contributed by atoms with Crippen molar-refractivity contribution in [3.8, 4) is 5.75 Å². The summed E-state index contributed by atoms with van der Waals surface area (Å²) in [6, 6.07) is 6.01. The normalized spacial score (nSPS) is 17.5. The predicted molar refractivity (Wildman–Crippen MR) is 96.8 cm³/mol. The van der Waals surface area contributed by atoms with Crippen LogP contribution in [0.15, 0.2) is 29.2 Å². The zero-order valence-corrected chi connectivity index (χ0v) is 16.3. The number of benzene rings is 1. The number of esters is 1. The Kier molecular flexibility index (Phi) is 6.31. The number of nitrogens with two attached hydrogens (primary N) is 1. The van der Waals surface area contributed by atoms with E-state index in [2.05, 4.69) is 0 Å². The van der Waals surface area contributed by atoms with E-state index in [0.29, 0.717) is 18.9 Å². The van der Waals surface area contributed by atoms with Crippen LogP contribution in [0.25, 0.3) is 0 Å². The molecule has 26 heavy (non-hydrogen) atoms. The van der Waals surface area contributed by atoms with Gasteiger partial charge in [-0.1, -0.05) is 0 Å². The fourth-order valence-electron chi connectivity index (χ4n) is 2.77. The van der Waals surface area contributed by atoms with Crippen molar-refractivity contribution in [1.82, 2.24) is 0 Å². The van der Waals surface area contributed by atoms with Gasteiger partial charge in [0.05, 0.1) is 4.90 Å². The van der Waals surface area contributed by atoms with Crippen molar-refractivity contribution < 1.29 is 27.4 Å². The molecule has 0 spiro atoms. The van der Waals surface area contributed by atoms with Gasteiger partial charge in [0, 0.05) is 32.6 Å². The molecule has 1 aromatic rings. The second kappa shape index (κ2) is 7.94. The molecule has 7 nitrogen and oxygen atoms in total. The fourth-order valence-corrected chi connectivity index (χ4v) is 4.68. The van der Waals surface area contributed by atoms with E-state index in [4.69, 9.17) is 19.9 Å². The van der Waals surface area contributed by atoms with Crippen LogP contribution < -0.4 is 10.5 Å². The van der Waals surface area contributed by atoms with Gasteiger partial charge in [-0.25, -0.2) is 8.42 Å². The van der Waals surface area contributed by atoms with Gasteiger partial charge in [0.2, 0.25) is 0 Å². The molecule has 2 N–H and O–H groups in total. The molecule has 0 aliphatic carbocycles. The van der Waals surface area contributed by atoms with Gasteiger partial charge in [0.25, 0.3) is 0 Å². The third-order valence-corrected chi connectivity index (χ3v) is 6.60. The van der Waals surface area contributed by atoms with E-state index in [-0.39, 0.29) is 31.0 Å². The summed E-state index contributed by atoms with van der Waals surface area (Å²) in [5.74, 6) is -0.204. The van der Waals surface area contributed by atoms with E-state index in [9.17, 15) is 13.2 Å². The molecule has 1 aromatic carbocycles. The Morgan fingerprint density at radius 3 is 2.27 bits per heavy atom. The first-order valence-electron chi connectivity index (χ1n) is 8.61. The van der Waals surface area contributed by atoms with Crippen LogP contribution in [0.3, 0.4) is 0 Å². The summed E-state index contributed by atoms with van der Waals surface area (Å²) in [5.41, 5.74) is 4.61. The van der Waals surface area contributed by atoms with Crippen molar-refractivity contribution in [3.63, 3.8) is 0 Å². The largest absolute Gasteiger partial charge is 0.492 e. The molecule has 0 aromatic heterocycles. The minimum Gasteiger partial charge on any atom is -0.492 e. The van der Waals surface area contributed by atoms with Gasteiger partial charge >= 0.3 is 5.97 Å². The molecule has 0 saturated carbocycles. The van der Waals surface area contributed by atoms with Gasteiger partial charge in [-0.15, -0.1) is 0 Å². The molecule has 0 unspecified atom stereocenters. The number of ether oxygens (including phenoxy) is 3. The Balaban J connectivity index is 2.38. The van der Waals surface area contributed by atoms with E-state index < -0.39 is 26.2 Å². The van der Waals surface area contributed by atoms with Crippen molar-refractivity contribution in [1.29, 1.82) is 0 Å². The first kappa shape index (κ1) is 20.7. The van der Waals surface area contributed by atoms with E-state index in [1.165, 1.54) is 12.1 Å². The first-order valence-corrected chi connectivity index (χ1v) is 10.1. The van der Waals surface area contributed by atoms with Crippen LogP contribution in [-0.4, -0.2) is 51.1 Å². The molecule has 0 radical (unpaired) electrons. The average molecular weight is 385 g/mol. The number of hydrogen-bond donors (Lipinski definition) is 1. The zero-order valence-electron chi connectivity index (χ0n) is 15.5. The van der Waals surface area contributed by atoms with Crippen LogP contribution in [0, 0.1) is 0 Å². The lowest BCUT2D eigenvalue weighted by Gasteiger charge is -2.36. The summed E-state index contributed by atoms with van der Waals surface area (Å²) in [5, 5.41) is 0. The molecule has 0 atom stereocenters. The third-order valence-electron chi connectivity index (χ3n) is 4.11. The summed E-state index contributed by atoms with van der Waals surface area (Å²) < 4.78 is 41.2. The van der Waals surface area contributed by atoms with Crippen LogP contribution in [0.5, 0.6) is 5.75 Å². The number of hydrogen-bond acceptors (Lipinski definition) is 7.